The van der Waals surface area contributed by atoms with Crippen molar-refractivity contribution in [1.29, 1.82) is 5.26 Å². The number of rotatable bonds is 8. The molecule has 0 aliphatic rings. The maximum absolute atomic E-state index is 9.67. The van der Waals surface area contributed by atoms with Gasteiger partial charge >= 0.3 is 21.1 Å². The minimum atomic E-state index is 0. The maximum atomic E-state index is 9.67. The van der Waals surface area contributed by atoms with Crippen LogP contribution in [0.25, 0.3) is 67.0 Å². The molecular formula is C51H41N5Pt. The summed E-state index contributed by atoms with van der Waals surface area (Å²) in [5.74, 6) is 0. The van der Waals surface area contributed by atoms with E-state index in [1.807, 2.05) is 118 Å². The molecule has 0 saturated carbocycles. The molecule has 5 nitrogen and oxygen atoms in total. The van der Waals surface area contributed by atoms with Crippen LogP contribution in [0.1, 0.15) is 5.56 Å². The summed E-state index contributed by atoms with van der Waals surface area (Å²) < 4.78 is 0. The average Bonchev–Trinajstić information content (AvgIpc) is 3.27. The van der Waals surface area contributed by atoms with Crippen molar-refractivity contribution in [2.24, 2.45) is 0 Å². The van der Waals surface area contributed by atoms with Crippen LogP contribution in [-0.4, -0.2) is 38.2 Å². The second-order valence-corrected chi connectivity index (χ2v) is 13.7. The predicted octanol–water partition coefficient (Wildman–Crippen LogP) is 11.8. The van der Waals surface area contributed by atoms with Crippen molar-refractivity contribution in [1.82, 2.24) is 9.97 Å². The molecule has 8 aromatic rings. The third-order valence-electron chi connectivity index (χ3n) is 9.51. The van der Waals surface area contributed by atoms with E-state index < -0.39 is 0 Å². The third-order valence-corrected chi connectivity index (χ3v) is 9.51. The van der Waals surface area contributed by atoms with Gasteiger partial charge in [0.1, 0.15) is 0 Å². The van der Waals surface area contributed by atoms with Gasteiger partial charge in [-0.2, -0.15) is 0 Å². The minimum Gasteiger partial charge on any atom is -0.378 e. The second-order valence-electron chi connectivity index (χ2n) is 13.7. The molecule has 0 radical (unpaired) electrons. The Bertz CT molecular complexity index is 2580. The number of nitriles is 1. The molecule has 0 bridgehead atoms. The first-order valence-corrected chi connectivity index (χ1v) is 18.5. The molecule has 6 aromatic carbocycles. The quantitative estimate of drug-likeness (QED) is 0.142. The molecule has 0 aliphatic carbocycles. The van der Waals surface area contributed by atoms with Crippen molar-refractivity contribution in [2.75, 3.05) is 38.0 Å². The summed E-state index contributed by atoms with van der Waals surface area (Å²) >= 11 is 0. The Morgan fingerprint density at radius 2 is 0.912 bits per heavy atom. The number of pyridine rings is 2. The SMILES string of the molecule is CN(C)c1ccnc(-c2[c-]c(C#N)cc(-c3ccccc3)c2-c2ccccc2)c1.CN(C)c1ccnc(-c2[c-]ccc(-c3ccccc3)c2-c2ccccc2)c1.[Pt+2]. The molecule has 2 heterocycles. The van der Waals surface area contributed by atoms with Crippen LogP contribution in [0.15, 0.2) is 176 Å². The summed E-state index contributed by atoms with van der Waals surface area (Å²) in [6.45, 7) is 0. The van der Waals surface area contributed by atoms with Crippen molar-refractivity contribution in [3.05, 3.63) is 194 Å². The van der Waals surface area contributed by atoms with Crippen LogP contribution in [-0.2, 0) is 21.1 Å². The number of aromatic nitrogens is 2. The van der Waals surface area contributed by atoms with Crippen LogP contribution >= 0.6 is 0 Å². The van der Waals surface area contributed by atoms with Gasteiger partial charge in [-0.3, -0.25) is 4.98 Å². The van der Waals surface area contributed by atoms with Crippen molar-refractivity contribution < 1.29 is 21.1 Å². The normalized spacial score (nSPS) is 10.3. The molecule has 2 aromatic heterocycles. The van der Waals surface area contributed by atoms with Crippen LogP contribution in [0.2, 0.25) is 0 Å². The fraction of sp³-hybridized carbons (Fsp3) is 0.0784. The second kappa shape index (κ2) is 18.8. The van der Waals surface area contributed by atoms with Crippen molar-refractivity contribution in [2.45, 2.75) is 0 Å². The molecule has 0 aliphatic heterocycles. The van der Waals surface area contributed by atoms with Crippen LogP contribution < -0.4 is 9.80 Å². The fourth-order valence-electron chi connectivity index (χ4n) is 6.72. The first-order valence-electron chi connectivity index (χ1n) is 18.5. The molecule has 280 valence electrons. The van der Waals surface area contributed by atoms with Gasteiger partial charge in [0.25, 0.3) is 0 Å². The minimum absolute atomic E-state index is 0. The van der Waals surface area contributed by atoms with E-state index in [1.54, 1.807) is 6.20 Å². The van der Waals surface area contributed by atoms with Crippen molar-refractivity contribution in [3.63, 3.8) is 0 Å². The van der Waals surface area contributed by atoms with Gasteiger partial charge in [-0.15, -0.1) is 35.9 Å². The van der Waals surface area contributed by atoms with Gasteiger partial charge in [0.2, 0.25) is 0 Å². The summed E-state index contributed by atoms with van der Waals surface area (Å²) in [5.41, 5.74) is 15.1. The van der Waals surface area contributed by atoms with Gasteiger partial charge in [-0.25, -0.2) is 5.26 Å². The Balaban J connectivity index is 0.000000190. The summed E-state index contributed by atoms with van der Waals surface area (Å²) in [6.07, 6.45) is 3.66. The van der Waals surface area contributed by atoms with E-state index >= 15 is 0 Å². The molecule has 0 N–H and O–H groups in total. The van der Waals surface area contributed by atoms with E-state index in [9.17, 15) is 5.26 Å². The largest absolute Gasteiger partial charge is 2.00 e. The Labute approximate surface area is 350 Å². The van der Waals surface area contributed by atoms with E-state index in [0.29, 0.717) is 5.56 Å². The van der Waals surface area contributed by atoms with Gasteiger partial charge < -0.3 is 14.8 Å². The number of anilines is 2. The molecule has 6 heteroatoms. The maximum Gasteiger partial charge on any atom is 2.00 e. The zero-order valence-electron chi connectivity index (χ0n) is 32.3. The van der Waals surface area contributed by atoms with Crippen molar-refractivity contribution >= 4 is 11.4 Å². The first kappa shape index (κ1) is 40.1. The molecule has 0 amide bonds. The van der Waals surface area contributed by atoms with E-state index in [4.69, 9.17) is 0 Å². The van der Waals surface area contributed by atoms with Gasteiger partial charge in [0.15, 0.2) is 0 Å². The molecule has 0 atom stereocenters. The molecule has 0 spiro atoms. The number of nitrogens with zero attached hydrogens (tertiary/aromatic N) is 5. The molecule has 0 unspecified atom stereocenters. The van der Waals surface area contributed by atoms with Gasteiger partial charge in [-0.05, 0) is 41.1 Å². The first-order chi connectivity index (χ1) is 27.4. The van der Waals surface area contributed by atoms with Crippen LogP contribution in [0.4, 0.5) is 11.4 Å². The van der Waals surface area contributed by atoms with E-state index in [-0.39, 0.29) is 21.1 Å². The van der Waals surface area contributed by atoms with Crippen molar-refractivity contribution in [3.8, 4) is 73.1 Å². The number of benzene rings is 6. The molecular weight excluding hydrogens is 878 g/mol. The van der Waals surface area contributed by atoms with Crippen LogP contribution in [0.5, 0.6) is 0 Å². The standard InChI is InChI=1S/C26H20N3.C25H21N2.Pt/c1-29(2)22-13-14-28-25(17-22)24-16-19(18-27)15-23(20-9-5-3-6-10-20)26(24)21-11-7-4-8-12-21;1-27(2)21-16-17-26-24(18-21)23-15-9-14-22(19-10-5-3-6-11-19)25(23)20-12-7-4-8-13-20;/h3-15,17H,1-2H3;3-14,16-18H,1-2H3;/q2*-1;+2. The van der Waals surface area contributed by atoms with Gasteiger partial charge in [-0.1, -0.05) is 172 Å². The van der Waals surface area contributed by atoms with E-state index in [2.05, 4.69) is 118 Å². The summed E-state index contributed by atoms with van der Waals surface area (Å²) in [4.78, 5) is 13.4. The fourth-order valence-corrected chi connectivity index (χ4v) is 6.72. The Kier molecular flexibility index (Phi) is 13.2. The Morgan fingerprint density at radius 3 is 1.37 bits per heavy atom. The monoisotopic (exact) mass is 918 g/mol. The average molecular weight is 919 g/mol. The molecule has 8 rings (SSSR count). The molecule has 0 saturated heterocycles. The molecule has 57 heavy (non-hydrogen) atoms. The summed E-state index contributed by atoms with van der Waals surface area (Å²) in [7, 11) is 8.09. The van der Waals surface area contributed by atoms with E-state index in [0.717, 1.165) is 61.7 Å². The summed E-state index contributed by atoms with van der Waals surface area (Å²) in [5, 5.41) is 9.67. The zero-order valence-corrected chi connectivity index (χ0v) is 34.6. The number of hydrogen-bond acceptors (Lipinski definition) is 5. The Morgan fingerprint density at radius 1 is 0.491 bits per heavy atom. The smallest absolute Gasteiger partial charge is 0.378 e. The summed E-state index contributed by atoms with van der Waals surface area (Å²) in [6, 6.07) is 64.6. The van der Waals surface area contributed by atoms with Gasteiger partial charge in [0.05, 0.1) is 0 Å². The topological polar surface area (TPSA) is 56.1 Å². The third kappa shape index (κ3) is 9.27. The number of hydrogen-bond donors (Lipinski definition) is 0. The molecule has 0 fully saturated rings. The van der Waals surface area contributed by atoms with Gasteiger partial charge in [0, 0.05) is 57.7 Å². The van der Waals surface area contributed by atoms with E-state index in [1.165, 1.54) is 16.7 Å². The van der Waals surface area contributed by atoms with Crippen LogP contribution in [0, 0.1) is 23.5 Å². The zero-order chi connectivity index (χ0) is 38.9. The Hall–Kier alpha value is -6.60. The van der Waals surface area contributed by atoms with Crippen LogP contribution in [0.3, 0.4) is 0 Å². The predicted molar refractivity (Wildman–Crippen MR) is 232 cm³/mol.